The molecule has 2 aromatic rings. The van der Waals surface area contributed by atoms with Crippen molar-refractivity contribution in [1.82, 2.24) is 10.2 Å². The van der Waals surface area contributed by atoms with E-state index in [1.807, 2.05) is 68.4 Å². The molecule has 0 aliphatic carbocycles. The number of nitrogens with zero attached hydrogens (tertiary/aromatic N) is 1. The van der Waals surface area contributed by atoms with E-state index in [9.17, 15) is 9.59 Å². The average Bonchev–Trinajstić information content (AvgIpc) is 2.77. The number of nitrogens with one attached hydrogen (secondary N) is 1. The second kappa shape index (κ2) is 11.7. The van der Waals surface area contributed by atoms with Gasteiger partial charge in [-0.05, 0) is 55.4 Å². The molecule has 0 aliphatic rings. The van der Waals surface area contributed by atoms with Gasteiger partial charge in [0.05, 0.1) is 0 Å². The van der Waals surface area contributed by atoms with E-state index in [1.165, 1.54) is 5.56 Å². The van der Waals surface area contributed by atoms with Crippen molar-refractivity contribution < 1.29 is 14.3 Å². The van der Waals surface area contributed by atoms with Crippen LogP contribution in [0.25, 0.3) is 0 Å². The summed E-state index contributed by atoms with van der Waals surface area (Å²) in [5, 5.41) is 2.98. The normalized spacial score (nSPS) is 13.2. The van der Waals surface area contributed by atoms with Crippen molar-refractivity contribution >= 4 is 11.8 Å². The zero-order chi connectivity index (χ0) is 23.7. The van der Waals surface area contributed by atoms with E-state index in [-0.39, 0.29) is 29.9 Å². The molecule has 0 aliphatic heterocycles. The van der Waals surface area contributed by atoms with Gasteiger partial charge < -0.3 is 15.0 Å². The lowest BCUT2D eigenvalue weighted by Crippen LogP contribution is -2.51. The zero-order valence-corrected chi connectivity index (χ0v) is 20.4. The molecular formula is C27H38N2O3. The Bertz CT molecular complexity index is 857. The fourth-order valence-corrected chi connectivity index (χ4v) is 3.31. The Labute approximate surface area is 193 Å². The van der Waals surface area contributed by atoms with Crippen molar-refractivity contribution in [3.05, 3.63) is 65.7 Å². The Morgan fingerprint density at radius 2 is 1.62 bits per heavy atom. The molecule has 0 saturated heterocycles. The van der Waals surface area contributed by atoms with E-state index >= 15 is 0 Å². The molecule has 2 amide bonds. The van der Waals surface area contributed by atoms with Crippen LogP contribution < -0.4 is 10.1 Å². The van der Waals surface area contributed by atoms with Gasteiger partial charge in [0.2, 0.25) is 5.91 Å². The van der Waals surface area contributed by atoms with E-state index in [0.717, 1.165) is 12.0 Å². The fourth-order valence-electron chi connectivity index (χ4n) is 3.31. The highest BCUT2D eigenvalue weighted by Gasteiger charge is 2.26. The van der Waals surface area contributed by atoms with Crippen LogP contribution in [0.5, 0.6) is 5.75 Å². The number of carbonyl (C=O) groups excluding carboxylic acids is 2. The number of hydrogen-bond acceptors (Lipinski definition) is 3. The van der Waals surface area contributed by atoms with Gasteiger partial charge in [-0.3, -0.25) is 9.59 Å². The van der Waals surface area contributed by atoms with Crippen LogP contribution in [0.3, 0.4) is 0 Å². The minimum absolute atomic E-state index is 0.0566. The highest BCUT2D eigenvalue weighted by Crippen LogP contribution is 2.24. The molecule has 32 heavy (non-hydrogen) atoms. The molecule has 2 atom stereocenters. The van der Waals surface area contributed by atoms with Gasteiger partial charge in [-0.2, -0.15) is 0 Å². The third-order valence-corrected chi connectivity index (χ3v) is 5.74. The largest absolute Gasteiger partial charge is 0.484 e. The molecule has 0 bridgehead atoms. The summed E-state index contributed by atoms with van der Waals surface area (Å²) in [6, 6.07) is 17.3. The second-order valence-electron chi connectivity index (χ2n) is 9.38. The lowest BCUT2D eigenvalue weighted by molar-refractivity contribution is -0.141. The highest BCUT2D eigenvalue weighted by molar-refractivity contribution is 5.88. The Hall–Kier alpha value is -2.82. The molecule has 2 rings (SSSR count). The molecule has 0 fully saturated rings. The molecule has 1 N–H and O–H groups in total. The van der Waals surface area contributed by atoms with Crippen molar-refractivity contribution in [1.29, 1.82) is 0 Å². The van der Waals surface area contributed by atoms with Crippen LogP contribution >= 0.6 is 0 Å². The molecule has 174 valence electrons. The standard InChI is InChI=1S/C27H38N2O3/c1-7-20(2)28-26(31)21(3)29(18-17-22-11-9-8-10-12-22)25(30)19-32-24-15-13-23(14-16-24)27(4,5)6/h8-16,20-21H,7,17-19H2,1-6H3,(H,28,31)/t20-,21+/m1/s1. The predicted octanol–water partition coefficient (Wildman–Crippen LogP) is 4.74. The quantitative estimate of drug-likeness (QED) is 0.583. The van der Waals surface area contributed by atoms with Gasteiger partial charge in [-0.15, -0.1) is 0 Å². The van der Waals surface area contributed by atoms with Crippen LogP contribution in [0.4, 0.5) is 0 Å². The van der Waals surface area contributed by atoms with E-state index in [0.29, 0.717) is 18.7 Å². The summed E-state index contributed by atoms with van der Waals surface area (Å²) in [5.41, 5.74) is 2.38. The summed E-state index contributed by atoms with van der Waals surface area (Å²) in [5.74, 6) is 0.300. The topological polar surface area (TPSA) is 58.6 Å². The molecule has 0 aromatic heterocycles. The second-order valence-corrected chi connectivity index (χ2v) is 9.38. The number of carbonyl (C=O) groups is 2. The Morgan fingerprint density at radius 1 is 1.00 bits per heavy atom. The van der Waals surface area contributed by atoms with Crippen molar-refractivity contribution in [3.8, 4) is 5.75 Å². The maximum atomic E-state index is 13.1. The SMILES string of the molecule is CC[C@@H](C)NC(=O)[C@H](C)N(CCc1ccccc1)C(=O)COc1ccc(C(C)(C)C)cc1. The number of amides is 2. The summed E-state index contributed by atoms with van der Waals surface area (Å²) in [6.07, 6.45) is 1.51. The van der Waals surface area contributed by atoms with Gasteiger partial charge in [-0.25, -0.2) is 0 Å². The average molecular weight is 439 g/mol. The number of hydrogen-bond donors (Lipinski definition) is 1. The lowest BCUT2D eigenvalue weighted by Gasteiger charge is -2.29. The molecule has 5 nitrogen and oxygen atoms in total. The first-order valence-electron chi connectivity index (χ1n) is 11.5. The minimum atomic E-state index is -0.577. The Morgan fingerprint density at radius 3 is 2.19 bits per heavy atom. The fraction of sp³-hybridized carbons (Fsp3) is 0.481. The number of rotatable bonds is 10. The van der Waals surface area contributed by atoms with Gasteiger partial charge >= 0.3 is 0 Å². The first kappa shape index (κ1) is 25.4. The molecule has 0 spiro atoms. The third-order valence-electron chi connectivity index (χ3n) is 5.74. The van der Waals surface area contributed by atoms with Gasteiger partial charge in [0.15, 0.2) is 6.61 Å². The molecule has 0 saturated carbocycles. The number of benzene rings is 2. The maximum Gasteiger partial charge on any atom is 0.261 e. The molecule has 0 unspecified atom stereocenters. The summed E-state index contributed by atoms with van der Waals surface area (Å²) < 4.78 is 5.78. The molecule has 2 aromatic carbocycles. The lowest BCUT2D eigenvalue weighted by atomic mass is 9.87. The highest BCUT2D eigenvalue weighted by atomic mass is 16.5. The number of ether oxygens (including phenoxy) is 1. The van der Waals surface area contributed by atoms with Gasteiger partial charge in [0.1, 0.15) is 11.8 Å². The van der Waals surface area contributed by atoms with Crippen LogP contribution in [-0.2, 0) is 21.4 Å². The van der Waals surface area contributed by atoms with Crippen molar-refractivity contribution in [2.24, 2.45) is 0 Å². The summed E-state index contributed by atoms with van der Waals surface area (Å²) in [4.78, 5) is 27.4. The van der Waals surface area contributed by atoms with Crippen LogP contribution in [0.1, 0.15) is 59.1 Å². The van der Waals surface area contributed by atoms with E-state index < -0.39 is 6.04 Å². The van der Waals surface area contributed by atoms with Gasteiger partial charge in [0.25, 0.3) is 5.91 Å². The summed E-state index contributed by atoms with van der Waals surface area (Å²) >= 11 is 0. The van der Waals surface area contributed by atoms with Gasteiger partial charge in [-0.1, -0.05) is 70.2 Å². The summed E-state index contributed by atoms with van der Waals surface area (Å²) in [6.45, 7) is 12.6. The third kappa shape index (κ3) is 7.70. The molecule has 0 radical (unpaired) electrons. The van der Waals surface area contributed by atoms with Crippen LogP contribution in [0.2, 0.25) is 0 Å². The van der Waals surface area contributed by atoms with E-state index in [1.54, 1.807) is 11.8 Å². The molecule has 5 heteroatoms. The van der Waals surface area contributed by atoms with Crippen LogP contribution in [0.15, 0.2) is 54.6 Å². The van der Waals surface area contributed by atoms with Gasteiger partial charge in [0, 0.05) is 12.6 Å². The zero-order valence-electron chi connectivity index (χ0n) is 20.4. The van der Waals surface area contributed by atoms with E-state index in [2.05, 4.69) is 26.1 Å². The maximum absolute atomic E-state index is 13.1. The van der Waals surface area contributed by atoms with Crippen molar-refractivity contribution in [2.45, 2.75) is 71.9 Å². The predicted molar refractivity (Wildman–Crippen MR) is 130 cm³/mol. The van der Waals surface area contributed by atoms with E-state index in [4.69, 9.17) is 4.74 Å². The van der Waals surface area contributed by atoms with Crippen LogP contribution in [-0.4, -0.2) is 41.9 Å². The van der Waals surface area contributed by atoms with Crippen molar-refractivity contribution in [3.63, 3.8) is 0 Å². The summed E-state index contributed by atoms with van der Waals surface area (Å²) in [7, 11) is 0. The molecular weight excluding hydrogens is 400 g/mol. The Kier molecular flexibility index (Phi) is 9.30. The smallest absolute Gasteiger partial charge is 0.261 e. The monoisotopic (exact) mass is 438 g/mol. The first-order chi connectivity index (χ1) is 15.1. The van der Waals surface area contributed by atoms with Crippen molar-refractivity contribution in [2.75, 3.05) is 13.2 Å². The molecule has 0 heterocycles. The van der Waals surface area contributed by atoms with Crippen LogP contribution in [0, 0.1) is 0 Å². The first-order valence-corrected chi connectivity index (χ1v) is 11.5. The Balaban J connectivity index is 2.07. The minimum Gasteiger partial charge on any atom is -0.484 e.